The number of benzene rings is 2. The van der Waals surface area contributed by atoms with Gasteiger partial charge in [-0.05, 0) is 36.5 Å². The largest absolute Gasteiger partial charge is 0.496 e. The Bertz CT molecular complexity index is 831. The van der Waals surface area contributed by atoms with Crippen LogP contribution in [0.2, 0.25) is 0 Å². The number of aryl methyl sites for hydroxylation is 2. The van der Waals surface area contributed by atoms with E-state index in [2.05, 4.69) is 5.32 Å². The highest BCUT2D eigenvalue weighted by Gasteiger charge is 2.44. The molecule has 5 heteroatoms. The molecule has 1 aliphatic heterocycles. The third kappa shape index (κ3) is 4.42. The summed E-state index contributed by atoms with van der Waals surface area (Å²) in [4.78, 5) is 37.3. The maximum absolute atomic E-state index is 12.6. The molecule has 2 unspecified atom stereocenters. The zero-order valence-electron chi connectivity index (χ0n) is 15.3. The maximum atomic E-state index is 12.6. The van der Waals surface area contributed by atoms with E-state index in [9.17, 15) is 14.4 Å². The van der Waals surface area contributed by atoms with Crippen LogP contribution in [0.1, 0.15) is 24.0 Å². The van der Waals surface area contributed by atoms with Gasteiger partial charge >= 0.3 is 0 Å². The molecule has 140 valence electrons. The predicted molar refractivity (Wildman–Crippen MR) is 102 cm³/mol. The Morgan fingerprint density at radius 2 is 1.70 bits per heavy atom. The maximum Gasteiger partial charge on any atom is 0.238 e. The van der Waals surface area contributed by atoms with E-state index < -0.39 is 17.9 Å². The van der Waals surface area contributed by atoms with Crippen LogP contribution in [0.15, 0.2) is 54.6 Å². The lowest BCUT2D eigenvalue weighted by Crippen LogP contribution is -2.29. The Kier molecular flexibility index (Phi) is 6.01. The minimum absolute atomic E-state index is 0.135. The molecule has 3 rings (SSSR count). The SMILES string of the molecule is COc1ccccc1CCC(=O)C1C(=O)NC(CCc2ccccc2)C1=O. The third-order valence-corrected chi connectivity index (χ3v) is 4.93. The van der Waals surface area contributed by atoms with Gasteiger partial charge in [-0.1, -0.05) is 48.5 Å². The first-order valence-corrected chi connectivity index (χ1v) is 9.13. The van der Waals surface area contributed by atoms with Gasteiger partial charge in [0, 0.05) is 6.42 Å². The number of Topliss-reactive ketones (excluding diaryl/α,β-unsaturated/α-hetero) is 2. The molecule has 0 aromatic heterocycles. The number of amides is 1. The molecule has 1 saturated heterocycles. The number of hydrogen-bond donors (Lipinski definition) is 1. The number of para-hydroxylation sites is 1. The van der Waals surface area contributed by atoms with E-state index >= 15 is 0 Å². The normalized spacial score (nSPS) is 19.0. The number of ketones is 2. The van der Waals surface area contributed by atoms with Crippen LogP contribution in [-0.4, -0.2) is 30.6 Å². The molecule has 5 nitrogen and oxygen atoms in total. The van der Waals surface area contributed by atoms with Gasteiger partial charge < -0.3 is 10.1 Å². The average molecular weight is 365 g/mol. The standard InChI is InChI=1S/C22H23NO4/c1-27-19-10-6-5-9-16(19)12-14-18(24)20-21(25)17(23-22(20)26)13-11-15-7-3-2-4-8-15/h2-10,17,20H,11-14H2,1H3,(H,23,26). The van der Waals surface area contributed by atoms with Gasteiger partial charge in [0.2, 0.25) is 5.91 Å². The van der Waals surface area contributed by atoms with E-state index in [0.29, 0.717) is 25.0 Å². The van der Waals surface area contributed by atoms with E-state index in [0.717, 1.165) is 11.1 Å². The van der Waals surface area contributed by atoms with Crippen LogP contribution in [-0.2, 0) is 27.2 Å². The van der Waals surface area contributed by atoms with Crippen molar-refractivity contribution < 1.29 is 19.1 Å². The summed E-state index contributed by atoms with van der Waals surface area (Å²) in [6.45, 7) is 0. The lowest BCUT2D eigenvalue weighted by atomic mass is 9.92. The van der Waals surface area contributed by atoms with Crippen molar-refractivity contribution >= 4 is 17.5 Å². The molecule has 1 heterocycles. The summed E-state index contributed by atoms with van der Waals surface area (Å²) in [5.41, 5.74) is 1.99. The summed E-state index contributed by atoms with van der Waals surface area (Å²) in [5, 5.41) is 2.69. The first-order valence-electron chi connectivity index (χ1n) is 9.13. The van der Waals surface area contributed by atoms with Gasteiger partial charge in [-0.25, -0.2) is 0 Å². The fraction of sp³-hybridized carbons (Fsp3) is 0.318. The smallest absolute Gasteiger partial charge is 0.238 e. The summed E-state index contributed by atoms with van der Waals surface area (Å²) in [5.74, 6) is -1.58. The Morgan fingerprint density at radius 3 is 2.44 bits per heavy atom. The monoisotopic (exact) mass is 365 g/mol. The minimum atomic E-state index is -1.18. The quantitative estimate of drug-likeness (QED) is 0.730. The number of nitrogens with one attached hydrogen (secondary N) is 1. The Balaban J connectivity index is 1.58. The summed E-state index contributed by atoms with van der Waals surface area (Å²) in [6, 6.07) is 16.6. The van der Waals surface area contributed by atoms with Gasteiger partial charge in [-0.15, -0.1) is 0 Å². The van der Waals surface area contributed by atoms with Gasteiger partial charge in [0.25, 0.3) is 0 Å². The summed E-state index contributed by atoms with van der Waals surface area (Å²) in [6.07, 6.45) is 1.76. The minimum Gasteiger partial charge on any atom is -0.496 e. The number of methoxy groups -OCH3 is 1. The second-order valence-corrected chi connectivity index (χ2v) is 6.70. The van der Waals surface area contributed by atoms with Crippen molar-refractivity contribution in [1.82, 2.24) is 5.32 Å². The van der Waals surface area contributed by atoms with Crippen molar-refractivity contribution in [1.29, 1.82) is 0 Å². The molecule has 1 aliphatic rings. The third-order valence-electron chi connectivity index (χ3n) is 4.93. The van der Waals surface area contributed by atoms with Gasteiger partial charge in [0.15, 0.2) is 17.5 Å². The molecule has 0 bridgehead atoms. The Morgan fingerprint density at radius 1 is 1.00 bits per heavy atom. The van der Waals surface area contributed by atoms with Gasteiger partial charge in [0.1, 0.15) is 5.75 Å². The second kappa shape index (κ2) is 8.62. The van der Waals surface area contributed by atoms with Crippen molar-refractivity contribution in [3.05, 3.63) is 65.7 Å². The molecule has 1 fully saturated rings. The van der Waals surface area contributed by atoms with Crippen LogP contribution in [0.5, 0.6) is 5.75 Å². The fourth-order valence-electron chi connectivity index (χ4n) is 3.44. The molecule has 2 aromatic carbocycles. The molecular weight excluding hydrogens is 342 g/mol. The van der Waals surface area contributed by atoms with E-state index in [1.54, 1.807) is 7.11 Å². The number of carbonyl (C=O) groups is 3. The van der Waals surface area contributed by atoms with E-state index in [-0.39, 0.29) is 18.0 Å². The molecule has 2 aromatic rings. The highest BCUT2D eigenvalue weighted by molar-refractivity contribution is 6.24. The number of hydrogen-bond acceptors (Lipinski definition) is 4. The molecule has 0 saturated carbocycles. The van der Waals surface area contributed by atoms with Crippen molar-refractivity contribution in [3.8, 4) is 5.75 Å². The van der Waals surface area contributed by atoms with Crippen LogP contribution in [0, 0.1) is 5.92 Å². The van der Waals surface area contributed by atoms with Crippen LogP contribution in [0.25, 0.3) is 0 Å². The molecule has 27 heavy (non-hydrogen) atoms. The molecule has 1 amide bonds. The van der Waals surface area contributed by atoms with E-state index in [1.807, 2.05) is 54.6 Å². The molecular formula is C22H23NO4. The highest BCUT2D eigenvalue weighted by atomic mass is 16.5. The van der Waals surface area contributed by atoms with E-state index in [1.165, 1.54) is 0 Å². The molecule has 0 aliphatic carbocycles. The zero-order valence-corrected chi connectivity index (χ0v) is 15.3. The molecule has 0 spiro atoms. The first-order chi connectivity index (χ1) is 13.1. The van der Waals surface area contributed by atoms with E-state index in [4.69, 9.17) is 4.74 Å². The molecule has 2 atom stereocenters. The zero-order chi connectivity index (χ0) is 19.2. The van der Waals surface area contributed by atoms with Crippen molar-refractivity contribution in [3.63, 3.8) is 0 Å². The van der Waals surface area contributed by atoms with Crippen molar-refractivity contribution in [2.45, 2.75) is 31.7 Å². The van der Waals surface area contributed by atoms with Crippen molar-refractivity contribution in [2.75, 3.05) is 7.11 Å². The summed E-state index contributed by atoms with van der Waals surface area (Å²) in [7, 11) is 1.58. The van der Waals surface area contributed by atoms with Crippen LogP contribution < -0.4 is 10.1 Å². The van der Waals surface area contributed by atoms with Crippen LogP contribution >= 0.6 is 0 Å². The average Bonchev–Trinajstić information content (AvgIpc) is 2.99. The predicted octanol–water partition coefficient (Wildman–Crippen LogP) is 2.51. The number of carbonyl (C=O) groups excluding carboxylic acids is 3. The van der Waals surface area contributed by atoms with Crippen molar-refractivity contribution in [2.24, 2.45) is 5.92 Å². The van der Waals surface area contributed by atoms with Crippen LogP contribution in [0.4, 0.5) is 0 Å². The Labute approximate surface area is 158 Å². The summed E-state index contributed by atoms with van der Waals surface area (Å²) < 4.78 is 5.28. The van der Waals surface area contributed by atoms with Gasteiger partial charge in [-0.3, -0.25) is 14.4 Å². The van der Waals surface area contributed by atoms with Crippen LogP contribution in [0.3, 0.4) is 0 Å². The topological polar surface area (TPSA) is 72.5 Å². The van der Waals surface area contributed by atoms with Gasteiger partial charge in [0.05, 0.1) is 13.2 Å². The lowest BCUT2D eigenvalue weighted by molar-refractivity contribution is -0.136. The highest BCUT2D eigenvalue weighted by Crippen LogP contribution is 2.22. The first kappa shape index (κ1) is 18.8. The van der Waals surface area contributed by atoms with Gasteiger partial charge in [-0.2, -0.15) is 0 Å². The second-order valence-electron chi connectivity index (χ2n) is 6.70. The number of rotatable bonds is 8. The number of ether oxygens (including phenoxy) is 1. The fourth-order valence-corrected chi connectivity index (χ4v) is 3.44. The lowest BCUT2D eigenvalue weighted by Gasteiger charge is -2.10. The molecule has 0 radical (unpaired) electrons. The Hall–Kier alpha value is -2.95. The molecule has 1 N–H and O–H groups in total. The summed E-state index contributed by atoms with van der Waals surface area (Å²) >= 11 is 0.